The average molecular weight is 322 g/mol. The molecule has 1 heterocycles. The maximum atomic E-state index is 12.4. The zero-order chi connectivity index (χ0) is 16.8. The van der Waals surface area contributed by atoms with Crippen molar-refractivity contribution in [1.82, 2.24) is 10.2 Å². The highest BCUT2D eigenvalue weighted by atomic mass is 16.5. The van der Waals surface area contributed by atoms with E-state index in [9.17, 15) is 9.90 Å². The first-order valence-corrected chi connectivity index (χ1v) is 8.00. The van der Waals surface area contributed by atoms with E-state index in [-0.39, 0.29) is 12.1 Å². The number of likely N-dealkylation sites (tertiary alicyclic amines) is 1. The van der Waals surface area contributed by atoms with Gasteiger partial charge in [0.1, 0.15) is 0 Å². The summed E-state index contributed by atoms with van der Waals surface area (Å²) >= 11 is 0. The van der Waals surface area contributed by atoms with Gasteiger partial charge in [-0.05, 0) is 43.9 Å². The second-order valence-corrected chi connectivity index (χ2v) is 5.85. The van der Waals surface area contributed by atoms with Crippen LogP contribution in [0.4, 0.5) is 4.79 Å². The zero-order valence-electron chi connectivity index (χ0n) is 14.0. The van der Waals surface area contributed by atoms with E-state index in [1.54, 1.807) is 26.0 Å². The molecule has 2 atom stereocenters. The lowest BCUT2D eigenvalue weighted by molar-refractivity contribution is 0.0562. The predicted octanol–water partition coefficient (Wildman–Crippen LogP) is 2.15. The first-order valence-electron chi connectivity index (χ1n) is 8.00. The van der Waals surface area contributed by atoms with Crippen LogP contribution in [-0.4, -0.2) is 48.9 Å². The molecule has 2 N–H and O–H groups in total. The molecule has 0 aromatic heterocycles. The van der Waals surface area contributed by atoms with Crippen molar-refractivity contribution >= 4 is 6.03 Å². The highest BCUT2D eigenvalue weighted by Gasteiger charge is 2.29. The number of methoxy groups -OCH3 is 2. The molecule has 0 bridgehead atoms. The highest BCUT2D eigenvalue weighted by molar-refractivity contribution is 5.74. The summed E-state index contributed by atoms with van der Waals surface area (Å²) in [6.07, 6.45) is 2.37. The van der Waals surface area contributed by atoms with Crippen molar-refractivity contribution in [3.05, 3.63) is 23.8 Å². The number of aliphatic hydroxyl groups excluding tert-OH is 1. The molecule has 0 spiro atoms. The van der Waals surface area contributed by atoms with Crippen molar-refractivity contribution < 1.29 is 19.4 Å². The fourth-order valence-electron chi connectivity index (χ4n) is 2.98. The molecule has 1 aliphatic rings. The molecule has 0 unspecified atom stereocenters. The minimum atomic E-state index is -0.512. The number of urea groups is 1. The van der Waals surface area contributed by atoms with Crippen molar-refractivity contribution in [3.63, 3.8) is 0 Å². The molecule has 0 saturated carbocycles. The van der Waals surface area contributed by atoms with E-state index < -0.39 is 6.10 Å². The molecule has 2 rings (SSSR count). The summed E-state index contributed by atoms with van der Waals surface area (Å²) in [6, 6.07) is 5.32. The van der Waals surface area contributed by atoms with Crippen LogP contribution >= 0.6 is 0 Å². The molecule has 1 saturated heterocycles. The van der Waals surface area contributed by atoms with E-state index in [2.05, 4.69) is 5.32 Å². The lowest BCUT2D eigenvalue weighted by atomic mass is 9.98. The molecule has 23 heavy (non-hydrogen) atoms. The van der Waals surface area contributed by atoms with Gasteiger partial charge in [-0.2, -0.15) is 0 Å². The molecule has 1 aromatic carbocycles. The fraction of sp³-hybridized carbons (Fsp3) is 0.588. The molecule has 1 aromatic rings. The van der Waals surface area contributed by atoms with Gasteiger partial charge in [0.25, 0.3) is 0 Å². The van der Waals surface area contributed by atoms with E-state index in [4.69, 9.17) is 9.47 Å². The van der Waals surface area contributed by atoms with Gasteiger partial charge in [0.15, 0.2) is 11.5 Å². The molecule has 1 aliphatic heterocycles. The molecular formula is C17H26N2O4. The van der Waals surface area contributed by atoms with Crippen molar-refractivity contribution in [2.24, 2.45) is 0 Å². The van der Waals surface area contributed by atoms with Gasteiger partial charge >= 0.3 is 6.03 Å². The standard InChI is InChI=1S/C17H26N2O4/c1-12(20)14-6-4-5-9-19(14)17(21)18-11-13-7-8-15(22-2)16(10-13)23-3/h7-8,10,12,14,20H,4-6,9,11H2,1-3H3,(H,18,21)/t12-,14-/m0/s1. The van der Waals surface area contributed by atoms with Gasteiger partial charge in [0.05, 0.1) is 26.4 Å². The van der Waals surface area contributed by atoms with E-state index >= 15 is 0 Å². The topological polar surface area (TPSA) is 71.0 Å². The van der Waals surface area contributed by atoms with E-state index in [1.807, 2.05) is 18.2 Å². The van der Waals surface area contributed by atoms with Crippen molar-refractivity contribution in [2.75, 3.05) is 20.8 Å². The van der Waals surface area contributed by atoms with Gasteiger partial charge in [0, 0.05) is 13.1 Å². The number of amides is 2. The summed E-state index contributed by atoms with van der Waals surface area (Å²) in [5, 5.41) is 12.8. The summed E-state index contributed by atoms with van der Waals surface area (Å²) in [5.74, 6) is 1.30. The molecule has 6 nitrogen and oxygen atoms in total. The van der Waals surface area contributed by atoms with Crippen LogP contribution in [0.5, 0.6) is 11.5 Å². The van der Waals surface area contributed by atoms with Crippen LogP contribution in [0.15, 0.2) is 18.2 Å². The molecule has 1 fully saturated rings. The third-order valence-electron chi connectivity index (χ3n) is 4.26. The van der Waals surface area contributed by atoms with Gasteiger partial charge in [0.2, 0.25) is 0 Å². The second kappa shape index (κ2) is 8.06. The van der Waals surface area contributed by atoms with Gasteiger partial charge < -0.3 is 24.8 Å². The zero-order valence-corrected chi connectivity index (χ0v) is 14.0. The minimum Gasteiger partial charge on any atom is -0.493 e. The van der Waals surface area contributed by atoms with Gasteiger partial charge in [-0.15, -0.1) is 0 Å². The summed E-state index contributed by atoms with van der Waals surface area (Å²) in [5.41, 5.74) is 0.932. The number of hydrogen-bond acceptors (Lipinski definition) is 4. The molecule has 128 valence electrons. The molecule has 0 aliphatic carbocycles. The Morgan fingerprint density at radius 3 is 2.74 bits per heavy atom. The van der Waals surface area contributed by atoms with Gasteiger partial charge in [-0.3, -0.25) is 0 Å². The first-order chi connectivity index (χ1) is 11.1. The molecule has 0 radical (unpaired) electrons. The third kappa shape index (κ3) is 4.28. The fourth-order valence-corrected chi connectivity index (χ4v) is 2.98. The summed E-state index contributed by atoms with van der Waals surface area (Å²) in [7, 11) is 3.17. The number of ether oxygens (including phenoxy) is 2. The molecular weight excluding hydrogens is 296 g/mol. The number of carbonyl (C=O) groups is 1. The van der Waals surface area contributed by atoms with E-state index in [0.717, 1.165) is 24.8 Å². The predicted molar refractivity (Wildman–Crippen MR) is 87.8 cm³/mol. The monoisotopic (exact) mass is 322 g/mol. The van der Waals surface area contributed by atoms with Crippen LogP contribution in [0.25, 0.3) is 0 Å². The van der Waals surface area contributed by atoms with Gasteiger partial charge in [-0.25, -0.2) is 4.79 Å². The maximum absolute atomic E-state index is 12.4. The molecule has 6 heteroatoms. The largest absolute Gasteiger partial charge is 0.493 e. The third-order valence-corrected chi connectivity index (χ3v) is 4.26. The summed E-state index contributed by atoms with van der Waals surface area (Å²) in [6.45, 7) is 2.83. The Bertz CT molecular complexity index is 533. The SMILES string of the molecule is COc1ccc(CNC(=O)N2CCCC[C@H]2[C@H](C)O)cc1OC. The van der Waals surface area contributed by atoms with Crippen LogP contribution in [0, 0.1) is 0 Å². The number of nitrogens with zero attached hydrogens (tertiary/aromatic N) is 1. The smallest absolute Gasteiger partial charge is 0.318 e. The Morgan fingerprint density at radius 2 is 2.09 bits per heavy atom. The van der Waals surface area contributed by atoms with Crippen LogP contribution < -0.4 is 14.8 Å². The number of piperidine rings is 1. The number of hydrogen-bond donors (Lipinski definition) is 2. The maximum Gasteiger partial charge on any atom is 0.318 e. The molecule has 2 amide bonds. The summed E-state index contributed by atoms with van der Waals surface area (Å²) < 4.78 is 10.5. The number of nitrogens with one attached hydrogen (secondary N) is 1. The van der Waals surface area contributed by atoms with Crippen LogP contribution in [0.2, 0.25) is 0 Å². The lowest BCUT2D eigenvalue weighted by Gasteiger charge is -2.37. The summed E-state index contributed by atoms with van der Waals surface area (Å²) in [4.78, 5) is 14.2. The minimum absolute atomic E-state index is 0.103. The van der Waals surface area contributed by atoms with E-state index in [1.165, 1.54) is 0 Å². The number of benzene rings is 1. The Balaban J connectivity index is 1.98. The van der Waals surface area contributed by atoms with Crippen molar-refractivity contribution in [2.45, 2.75) is 44.9 Å². The second-order valence-electron chi connectivity index (χ2n) is 5.85. The van der Waals surface area contributed by atoms with E-state index in [0.29, 0.717) is 24.6 Å². The highest BCUT2D eigenvalue weighted by Crippen LogP contribution is 2.27. The Hall–Kier alpha value is -1.95. The number of rotatable bonds is 5. The first kappa shape index (κ1) is 17.4. The average Bonchev–Trinajstić information content (AvgIpc) is 2.59. The van der Waals surface area contributed by atoms with Gasteiger partial charge in [-0.1, -0.05) is 6.07 Å². The number of aliphatic hydroxyl groups is 1. The van der Waals surface area contributed by atoms with Crippen LogP contribution in [0.3, 0.4) is 0 Å². The Morgan fingerprint density at radius 1 is 1.35 bits per heavy atom. The van der Waals surface area contributed by atoms with Crippen molar-refractivity contribution in [3.8, 4) is 11.5 Å². The normalized spacial score (nSPS) is 19.1. The quantitative estimate of drug-likeness (QED) is 0.871. The van der Waals surface area contributed by atoms with Crippen LogP contribution in [0.1, 0.15) is 31.7 Å². The lowest BCUT2D eigenvalue weighted by Crippen LogP contribution is -2.52. The Labute approximate surface area is 137 Å². The van der Waals surface area contributed by atoms with Crippen molar-refractivity contribution in [1.29, 1.82) is 0 Å². The van der Waals surface area contributed by atoms with Crippen LogP contribution in [-0.2, 0) is 6.54 Å². The number of carbonyl (C=O) groups excluding carboxylic acids is 1. The Kier molecular flexibility index (Phi) is 6.10.